The van der Waals surface area contributed by atoms with E-state index in [1.165, 1.54) is 11.3 Å². The summed E-state index contributed by atoms with van der Waals surface area (Å²) in [6.07, 6.45) is 0.674. The van der Waals surface area contributed by atoms with Gasteiger partial charge in [0, 0.05) is 16.8 Å². The van der Waals surface area contributed by atoms with E-state index in [1.54, 1.807) is 26.2 Å². The number of thiophene rings is 1. The summed E-state index contributed by atoms with van der Waals surface area (Å²) < 4.78 is 10.8. The second kappa shape index (κ2) is 6.88. The predicted octanol–water partition coefficient (Wildman–Crippen LogP) is 3.68. The van der Waals surface area contributed by atoms with Gasteiger partial charge in [-0.3, -0.25) is 9.59 Å². The Labute approximate surface area is 143 Å². The number of nitrogens with one attached hydrogen (secondary N) is 1. The number of fused-ring (bicyclic) bond motifs is 1. The number of carbonyl (C=O) groups is 2. The van der Waals surface area contributed by atoms with Crippen LogP contribution in [-0.2, 0) is 6.42 Å². The van der Waals surface area contributed by atoms with E-state index in [2.05, 4.69) is 5.32 Å². The lowest BCUT2D eigenvalue weighted by Gasteiger charge is -2.01. The lowest BCUT2D eigenvalue weighted by Crippen LogP contribution is -2.25. The molecule has 0 unspecified atom stereocenters. The van der Waals surface area contributed by atoms with E-state index in [4.69, 9.17) is 9.15 Å². The second-order valence-corrected chi connectivity index (χ2v) is 6.49. The molecule has 0 atom stereocenters. The minimum absolute atomic E-state index is 0.0616. The molecule has 1 aromatic carbocycles. The SMILES string of the molecule is COc1cccc2cc(C(=O)NCCc3ccc(C(C)=O)s3)oc12. The Bertz CT molecular complexity index is 893. The number of benzene rings is 1. The normalized spacial score (nSPS) is 10.8. The molecule has 0 saturated heterocycles. The quantitative estimate of drug-likeness (QED) is 0.693. The number of furan rings is 1. The fourth-order valence-corrected chi connectivity index (χ4v) is 3.30. The first-order chi connectivity index (χ1) is 11.6. The first-order valence-electron chi connectivity index (χ1n) is 7.53. The highest BCUT2D eigenvalue weighted by molar-refractivity contribution is 7.14. The van der Waals surface area contributed by atoms with Crippen molar-refractivity contribution >= 4 is 34.0 Å². The van der Waals surface area contributed by atoms with Crippen LogP contribution in [0.25, 0.3) is 11.0 Å². The number of ketones is 1. The van der Waals surface area contributed by atoms with Gasteiger partial charge < -0.3 is 14.5 Å². The van der Waals surface area contributed by atoms with E-state index in [1.807, 2.05) is 24.3 Å². The molecule has 3 rings (SSSR count). The average molecular weight is 343 g/mol. The van der Waals surface area contributed by atoms with Gasteiger partial charge in [0.25, 0.3) is 5.91 Å². The first-order valence-corrected chi connectivity index (χ1v) is 8.34. The number of Topliss-reactive ketones (excluding diaryl/α,β-unsaturated/α-hetero) is 1. The summed E-state index contributed by atoms with van der Waals surface area (Å²) in [5.41, 5.74) is 0.564. The van der Waals surface area contributed by atoms with Crippen LogP contribution in [0, 0.1) is 0 Å². The van der Waals surface area contributed by atoms with Crippen LogP contribution >= 0.6 is 11.3 Å². The Morgan fingerprint density at radius 2 is 2.08 bits per heavy atom. The van der Waals surface area contributed by atoms with Crippen LogP contribution in [0.1, 0.15) is 32.0 Å². The summed E-state index contributed by atoms with van der Waals surface area (Å²) >= 11 is 1.46. The lowest BCUT2D eigenvalue weighted by atomic mass is 10.2. The van der Waals surface area contributed by atoms with E-state index < -0.39 is 0 Å². The lowest BCUT2D eigenvalue weighted by molar-refractivity contribution is 0.0928. The Hall–Kier alpha value is -2.60. The number of para-hydroxylation sites is 1. The number of amides is 1. The van der Waals surface area contributed by atoms with E-state index in [0.717, 1.165) is 15.1 Å². The first kappa shape index (κ1) is 16.3. The molecule has 1 amide bonds. The van der Waals surface area contributed by atoms with Gasteiger partial charge in [-0.25, -0.2) is 0 Å². The molecular weight excluding hydrogens is 326 g/mol. The molecule has 0 bridgehead atoms. The van der Waals surface area contributed by atoms with Gasteiger partial charge in [-0.2, -0.15) is 0 Å². The van der Waals surface area contributed by atoms with E-state index in [0.29, 0.717) is 24.3 Å². The highest BCUT2D eigenvalue weighted by Crippen LogP contribution is 2.28. The minimum atomic E-state index is -0.267. The van der Waals surface area contributed by atoms with Crippen molar-refractivity contribution in [1.29, 1.82) is 0 Å². The number of ether oxygens (including phenoxy) is 1. The zero-order valence-corrected chi connectivity index (χ0v) is 14.2. The Balaban J connectivity index is 1.63. The van der Waals surface area contributed by atoms with Crippen molar-refractivity contribution < 1.29 is 18.7 Å². The molecule has 1 N–H and O–H groups in total. The third-order valence-electron chi connectivity index (χ3n) is 3.62. The fraction of sp³-hybridized carbons (Fsp3) is 0.222. The Morgan fingerprint density at radius 1 is 1.25 bits per heavy atom. The molecule has 124 valence electrons. The van der Waals surface area contributed by atoms with Crippen molar-refractivity contribution in [2.75, 3.05) is 13.7 Å². The standard InChI is InChI=1S/C18H17NO4S/c1-11(20)16-7-6-13(24-16)8-9-19-18(21)15-10-12-4-3-5-14(22-2)17(12)23-15/h3-7,10H,8-9H2,1-2H3,(H,19,21). The third kappa shape index (κ3) is 3.33. The van der Waals surface area contributed by atoms with Crippen LogP contribution < -0.4 is 10.1 Å². The maximum Gasteiger partial charge on any atom is 0.287 e. The molecule has 0 radical (unpaired) electrons. The van der Waals surface area contributed by atoms with E-state index >= 15 is 0 Å². The molecular formula is C18H17NO4S. The molecule has 3 aromatic rings. The maximum atomic E-state index is 12.2. The van der Waals surface area contributed by atoms with Crippen molar-refractivity contribution in [1.82, 2.24) is 5.32 Å². The van der Waals surface area contributed by atoms with Gasteiger partial charge in [-0.1, -0.05) is 12.1 Å². The van der Waals surface area contributed by atoms with Crippen molar-refractivity contribution in [3.05, 3.63) is 51.9 Å². The third-order valence-corrected chi connectivity index (χ3v) is 4.86. The smallest absolute Gasteiger partial charge is 0.287 e. The van der Waals surface area contributed by atoms with E-state index in [9.17, 15) is 9.59 Å². The predicted molar refractivity (Wildman–Crippen MR) is 93.1 cm³/mol. The summed E-state index contributed by atoms with van der Waals surface area (Å²) in [7, 11) is 1.56. The highest BCUT2D eigenvalue weighted by Gasteiger charge is 2.14. The van der Waals surface area contributed by atoms with E-state index in [-0.39, 0.29) is 17.5 Å². The summed E-state index contributed by atoms with van der Waals surface area (Å²) in [5, 5.41) is 3.66. The highest BCUT2D eigenvalue weighted by atomic mass is 32.1. The molecule has 0 aliphatic rings. The van der Waals surface area contributed by atoms with Gasteiger partial charge in [0.2, 0.25) is 0 Å². The number of carbonyl (C=O) groups excluding carboxylic acids is 2. The molecule has 0 fully saturated rings. The van der Waals surface area contributed by atoms with Crippen molar-refractivity contribution in [2.45, 2.75) is 13.3 Å². The Morgan fingerprint density at radius 3 is 2.79 bits per heavy atom. The minimum Gasteiger partial charge on any atom is -0.493 e. The number of hydrogen-bond acceptors (Lipinski definition) is 5. The summed E-state index contributed by atoms with van der Waals surface area (Å²) in [5.74, 6) is 0.648. The van der Waals surface area contributed by atoms with Gasteiger partial charge in [-0.15, -0.1) is 11.3 Å². The molecule has 0 saturated carbocycles. The topological polar surface area (TPSA) is 68.5 Å². The average Bonchev–Trinajstić information content (AvgIpc) is 3.21. The molecule has 2 aromatic heterocycles. The van der Waals surface area contributed by atoms with Gasteiger partial charge in [0.15, 0.2) is 22.9 Å². The van der Waals surface area contributed by atoms with Crippen LogP contribution in [-0.4, -0.2) is 25.3 Å². The molecule has 0 aliphatic heterocycles. The van der Waals surface area contributed by atoms with Gasteiger partial charge in [0.05, 0.1) is 12.0 Å². The largest absolute Gasteiger partial charge is 0.493 e. The van der Waals surface area contributed by atoms with Crippen LogP contribution in [0.4, 0.5) is 0 Å². The van der Waals surface area contributed by atoms with Crippen LogP contribution in [0.2, 0.25) is 0 Å². The Kier molecular flexibility index (Phi) is 4.66. The molecule has 2 heterocycles. The maximum absolute atomic E-state index is 12.2. The molecule has 0 spiro atoms. The number of hydrogen-bond donors (Lipinski definition) is 1. The van der Waals surface area contributed by atoms with Gasteiger partial charge in [-0.05, 0) is 37.6 Å². The van der Waals surface area contributed by atoms with Crippen molar-refractivity contribution in [3.8, 4) is 5.75 Å². The zero-order chi connectivity index (χ0) is 17.1. The number of methoxy groups -OCH3 is 1. The van der Waals surface area contributed by atoms with Crippen LogP contribution in [0.3, 0.4) is 0 Å². The molecule has 5 nitrogen and oxygen atoms in total. The molecule has 0 aliphatic carbocycles. The summed E-state index contributed by atoms with van der Waals surface area (Å²) in [6, 6.07) is 10.9. The van der Waals surface area contributed by atoms with Gasteiger partial charge in [0.1, 0.15) is 0 Å². The van der Waals surface area contributed by atoms with Crippen LogP contribution in [0.5, 0.6) is 5.75 Å². The van der Waals surface area contributed by atoms with Crippen molar-refractivity contribution in [3.63, 3.8) is 0 Å². The summed E-state index contributed by atoms with van der Waals surface area (Å²) in [6.45, 7) is 2.03. The van der Waals surface area contributed by atoms with Crippen molar-refractivity contribution in [2.24, 2.45) is 0 Å². The second-order valence-electron chi connectivity index (χ2n) is 5.32. The monoisotopic (exact) mass is 343 g/mol. The molecule has 6 heteroatoms. The zero-order valence-electron chi connectivity index (χ0n) is 13.4. The fourth-order valence-electron chi connectivity index (χ4n) is 2.40. The van der Waals surface area contributed by atoms with Crippen LogP contribution in [0.15, 0.2) is 40.8 Å². The van der Waals surface area contributed by atoms with Gasteiger partial charge >= 0.3 is 0 Å². The number of rotatable bonds is 6. The summed E-state index contributed by atoms with van der Waals surface area (Å²) in [4.78, 5) is 25.3. The molecule has 24 heavy (non-hydrogen) atoms.